The number of esters is 1. The quantitative estimate of drug-likeness (QED) is 0.565. The molecule has 0 bridgehead atoms. The van der Waals surface area contributed by atoms with Gasteiger partial charge in [0.2, 0.25) is 0 Å². The number of alkyl halides is 3. The lowest BCUT2D eigenvalue weighted by molar-refractivity contribution is -0.258. The topological polar surface area (TPSA) is 92.6 Å². The van der Waals surface area contributed by atoms with Gasteiger partial charge in [-0.05, 0) is 81.7 Å². The number of aliphatic hydroxyl groups is 1. The molecule has 1 amide bonds. The molecule has 4 rings (SSSR count). The van der Waals surface area contributed by atoms with Crippen LogP contribution in [0.1, 0.15) is 73.9 Å². The van der Waals surface area contributed by atoms with Crippen LogP contribution in [0.4, 0.5) is 13.2 Å². The number of carbonyl (C=O) groups is 2. The summed E-state index contributed by atoms with van der Waals surface area (Å²) in [6.45, 7) is 2.71. The third kappa shape index (κ3) is 4.83. The number of hydrogen-bond acceptors (Lipinski definition) is 6. The molecule has 0 saturated heterocycles. The van der Waals surface area contributed by atoms with Gasteiger partial charge < -0.3 is 14.7 Å². The molecule has 194 valence electrons. The van der Waals surface area contributed by atoms with E-state index in [-0.39, 0.29) is 41.7 Å². The molecule has 2 aliphatic carbocycles. The molecular weight excluding hydrogens is 475 g/mol. The highest BCUT2D eigenvalue weighted by Gasteiger charge is 2.51. The Hall–Kier alpha value is -3.01. The summed E-state index contributed by atoms with van der Waals surface area (Å²) in [5.41, 5.74) is -3.18. The van der Waals surface area contributed by atoms with E-state index < -0.39 is 17.2 Å². The summed E-state index contributed by atoms with van der Waals surface area (Å²) in [7, 11) is 0. The van der Waals surface area contributed by atoms with Crippen LogP contribution in [0.5, 0.6) is 0 Å². The summed E-state index contributed by atoms with van der Waals surface area (Å²) in [4.78, 5) is 28.3. The lowest BCUT2D eigenvalue weighted by Crippen LogP contribution is -2.49. The van der Waals surface area contributed by atoms with E-state index >= 15 is 0 Å². The van der Waals surface area contributed by atoms with Crippen LogP contribution in [0.3, 0.4) is 0 Å². The van der Waals surface area contributed by atoms with E-state index in [1.807, 2.05) is 4.90 Å². The number of hydrogen-bond donors (Lipinski definition) is 1. The molecule has 36 heavy (non-hydrogen) atoms. The monoisotopic (exact) mass is 505 g/mol. The fourth-order valence-electron chi connectivity index (χ4n) is 5.06. The number of carbonyl (C=O) groups excluding carboxylic acids is 2. The van der Waals surface area contributed by atoms with Crippen molar-refractivity contribution < 1.29 is 32.6 Å². The molecule has 7 nitrogen and oxygen atoms in total. The van der Waals surface area contributed by atoms with Crippen LogP contribution in [0.15, 0.2) is 42.7 Å². The smallest absolute Gasteiger partial charge is 0.421 e. The first kappa shape index (κ1) is 26.1. The number of ether oxygens (including phenoxy) is 1. The molecule has 0 radical (unpaired) electrons. The van der Waals surface area contributed by atoms with Gasteiger partial charge in [-0.2, -0.15) is 23.4 Å². The van der Waals surface area contributed by atoms with Crippen molar-refractivity contribution >= 4 is 11.9 Å². The van der Waals surface area contributed by atoms with E-state index in [1.54, 1.807) is 25.4 Å². The Morgan fingerprint density at radius 1 is 1.06 bits per heavy atom. The maximum absolute atomic E-state index is 13.5. The molecule has 1 atom stereocenters. The van der Waals surface area contributed by atoms with Crippen molar-refractivity contribution in [3.63, 3.8) is 0 Å². The van der Waals surface area contributed by atoms with Crippen LogP contribution in [0.25, 0.3) is 0 Å². The number of amides is 1. The van der Waals surface area contributed by atoms with Crippen molar-refractivity contribution in [2.24, 2.45) is 0 Å². The number of rotatable bonds is 7. The van der Waals surface area contributed by atoms with E-state index in [2.05, 4.69) is 10.2 Å². The molecule has 1 aromatic carbocycles. The normalized spacial score (nSPS) is 24.0. The molecule has 2 fully saturated rings. The molecule has 1 aromatic heterocycles. The third-order valence-corrected chi connectivity index (χ3v) is 7.43. The van der Waals surface area contributed by atoms with Crippen LogP contribution in [0, 0.1) is 0 Å². The zero-order valence-electron chi connectivity index (χ0n) is 20.3. The second-order valence-corrected chi connectivity index (χ2v) is 9.76. The first-order chi connectivity index (χ1) is 17.0. The predicted octanol–water partition coefficient (Wildman–Crippen LogP) is 4.29. The van der Waals surface area contributed by atoms with Crippen LogP contribution >= 0.6 is 0 Å². The standard InChI is InChI=1S/C26H30F3N3O4/c1-3-36-23(34)25(19-12-15-30-31-16-19)13-10-21(11-14-25)32(20-8-9-20)22(33)17-4-6-18(7-5-17)24(2,35)26(27,28)29/h4-7,12,15-16,20-21,35H,3,8-11,13-14H2,1-2H3/t21?,24-,25?/m0/s1. The molecule has 1 heterocycles. The Kier molecular flexibility index (Phi) is 7.10. The Morgan fingerprint density at radius 3 is 2.17 bits per heavy atom. The molecular formula is C26H30F3N3O4. The average Bonchev–Trinajstić information content (AvgIpc) is 3.70. The lowest BCUT2D eigenvalue weighted by Gasteiger charge is -2.42. The van der Waals surface area contributed by atoms with Crippen LogP contribution in [-0.4, -0.2) is 56.9 Å². The second kappa shape index (κ2) is 9.80. The van der Waals surface area contributed by atoms with Gasteiger partial charge in [0.1, 0.15) is 0 Å². The Bertz CT molecular complexity index is 1080. The van der Waals surface area contributed by atoms with Crippen molar-refractivity contribution in [3.8, 4) is 0 Å². The minimum Gasteiger partial charge on any atom is -0.465 e. The number of halogens is 3. The molecule has 0 unspecified atom stereocenters. The Balaban J connectivity index is 1.54. The second-order valence-electron chi connectivity index (χ2n) is 9.76. The highest BCUT2D eigenvalue weighted by Crippen LogP contribution is 2.44. The highest BCUT2D eigenvalue weighted by molar-refractivity contribution is 5.95. The number of benzene rings is 1. The van der Waals surface area contributed by atoms with E-state index in [9.17, 15) is 27.9 Å². The van der Waals surface area contributed by atoms with Gasteiger partial charge >= 0.3 is 12.1 Å². The van der Waals surface area contributed by atoms with Gasteiger partial charge in [-0.3, -0.25) is 9.59 Å². The predicted molar refractivity (Wildman–Crippen MR) is 124 cm³/mol. The largest absolute Gasteiger partial charge is 0.465 e. The fraction of sp³-hybridized carbons (Fsp3) is 0.538. The van der Waals surface area contributed by atoms with Crippen molar-refractivity contribution in [1.82, 2.24) is 15.1 Å². The minimum atomic E-state index is -4.84. The average molecular weight is 506 g/mol. The SMILES string of the molecule is CCOC(=O)C1(c2ccnnc2)CCC(N(C(=O)c2ccc([C@](C)(O)C(F)(F)F)cc2)C2CC2)CC1. The summed E-state index contributed by atoms with van der Waals surface area (Å²) < 4.78 is 45.0. The van der Waals surface area contributed by atoms with Gasteiger partial charge in [0, 0.05) is 23.8 Å². The molecule has 2 aliphatic rings. The molecule has 2 saturated carbocycles. The first-order valence-corrected chi connectivity index (χ1v) is 12.2. The van der Waals surface area contributed by atoms with E-state index in [0.29, 0.717) is 32.6 Å². The van der Waals surface area contributed by atoms with E-state index in [1.165, 1.54) is 12.1 Å². The van der Waals surface area contributed by atoms with Gasteiger partial charge in [0.05, 0.1) is 18.2 Å². The molecule has 0 aliphatic heterocycles. The van der Waals surface area contributed by atoms with E-state index in [0.717, 1.165) is 30.5 Å². The van der Waals surface area contributed by atoms with Crippen LogP contribution in [-0.2, 0) is 20.5 Å². The number of nitrogens with zero attached hydrogens (tertiary/aromatic N) is 3. The van der Waals surface area contributed by atoms with Crippen molar-refractivity contribution in [2.75, 3.05) is 6.61 Å². The van der Waals surface area contributed by atoms with Gasteiger partial charge in [0.15, 0.2) is 5.60 Å². The summed E-state index contributed by atoms with van der Waals surface area (Å²) in [5, 5.41) is 17.7. The minimum absolute atomic E-state index is 0.0677. The van der Waals surface area contributed by atoms with Gasteiger partial charge in [-0.15, -0.1) is 0 Å². The fourth-order valence-corrected chi connectivity index (χ4v) is 5.06. The van der Waals surface area contributed by atoms with Crippen LogP contribution in [0.2, 0.25) is 0 Å². The van der Waals surface area contributed by atoms with Gasteiger partial charge in [-0.1, -0.05) is 12.1 Å². The first-order valence-electron chi connectivity index (χ1n) is 12.2. The Morgan fingerprint density at radius 2 is 1.67 bits per heavy atom. The van der Waals surface area contributed by atoms with Gasteiger partial charge in [0.25, 0.3) is 5.91 Å². The lowest BCUT2D eigenvalue weighted by atomic mass is 9.68. The molecule has 10 heteroatoms. The highest BCUT2D eigenvalue weighted by atomic mass is 19.4. The van der Waals surface area contributed by atoms with Crippen molar-refractivity contribution in [1.29, 1.82) is 0 Å². The number of aromatic nitrogens is 2. The zero-order valence-corrected chi connectivity index (χ0v) is 20.3. The summed E-state index contributed by atoms with van der Waals surface area (Å²) >= 11 is 0. The third-order valence-electron chi connectivity index (χ3n) is 7.43. The van der Waals surface area contributed by atoms with E-state index in [4.69, 9.17) is 4.74 Å². The summed E-state index contributed by atoms with van der Waals surface area (Å²) in [5.74, 6) is -0.567. The van der Waals surface area contributed by atoms with Crippen molar-refractivity contribution in [2.45, 2.75) is 81.6 Å². The molecule has 1 N–H and O–H groups in total. The zero-order chi connectivity index (χ0) is 26.1. The molecule has 0 spiro atoms. The summed E-state index contributed by atoms with van der Waals surface area (Å²) in [6, 6.07) is 6.69. The maximum atomic E-state index is 13.5. The van der Waals surface area contributed by atoms with Crippen molar-refractivity contribution in [3.05, 3.63) is 59.4 Å². The molecule has 2 aromatic rings. The van der Waals surface area contributed by atoms with Gasteiger partial charge in [-0.25, -0.2) is 0 Å². The Labute approximate surface area is 207 Å². The summed E-state index contributed by atoms with van der Waals surface area (Å²) in [6.07, 6.45) is 2.12. The maximum Gasteiger partial charge on any atom is 0.421 e. The van der Waals surface area contributed by atoms with Crippen LogP contribution < -0.4 is 0 Å².